The van der Waals surface area contributed by atoms with Crippen molar-refractivity contribution < 1.29 is 23.1 Å². The summed E-state index contributed by atoms with van der Waals surface area (Å²) in [5, 5.41) is 11.9. The number of amides is 1. The Bertz CT molecular complexity index is 498. The highest BCUT2D eigenvalue weighted by atomic mass is 32.2. The van der Waals surface area contributed by atoms with Crippen LogP contribution in [0.5, 0.6) is 0 Å². The predicted octanol–water partition coefficient (Wildman–Crippen LogP) is -1.06. The fourth-order valence-electron chi connectivity index (χ4n) is 2.57. The number of carbonyl (C=O) groups is 2. The highest BCUT2D eigenvalue weighted by molar-refractivity contribution is 7.91. The van der Waals surface area contributed by atoms with E-state index in [1.807, 2.05) is 0 Å². The lowest BCUT2D eigenvalue weighted by atomic mass is 9.87. The molecule has 2 unspecified atom stereocenters. The summed E-state index contributed by atoms with van der Waals surface area (Å²) in [4.78, 5) is 24.4. The van der Waals surface area contributed by atoms with Crippen molar-refractivity contribution in [2.45, 2.75) is 19.4 Å². The third-order valence-corrected chi connectivity index (χ3v) is 5.82. The molecule has 0 aromatic rings. The number of carbonyl (C=O) groups excluding carboxylic acids is 1. The lowest BCUT2D eigenvalue weighted by molar-refractivity contribution is -0.150. The van der Waals surface area contributed by atoms with Crippen LogP contribution in [0.1, 0.15) is 13.3 Å². The number of nitrogens with zero attached hydrogens (tertiary/aromatic N) is 1. The number of rotatable bonds is 4. The molecule has 2 rings (SSSR count). The van der Waals surface area contributed by atoms with E-state index in [-0.39, 0.29) is 35.8 Å². The van der Waals surface area contributed by atoms with Crippen LogP contribution in [0.15, 0.2) is 0 Å². The maximum Gasteiger partial charge on any atom is 0.306 e. The molecule has 0 saturated carbocycles. The summed E-state index contributed by atoms with van der Waals surface area (Å²) in [5.74, 6) is -1.27. The maximum atomic E-state index is 12.0. The van der Waals surface area contributed by atoms with E-state index in [0.717, 1.165) is 0 Å². The molecule has 1 amide bonds. The van der Waals surface area contributed by atoms with Gasteiger partial charge in [-0.1, -0.05) is 6.92 Å². The number of likely N-dealkylation sites (tertiary alicyclic amines) is 1. The number of nitrogens with one attached hydrogen (secondary N) is 1. The first-order chi connectivity index (χ1) is 9.28. The van der Waals surface area contributed by atoms with E-state index < -0.39 is 21.7 Å². The Morgan fingerprint density at radius 1 is 1.40 bits per heavy atom. The number of sulfone groups is 1. The molecule has 0 bridgehead atoms. The standard InChI is InChI=1S/C12H20N2O5S/c1-8(12(16)17)9-5-14(6-9)11(15)4-10-7-20(18,19)3-2-13-10/h8-10,13H,2-7H2,1H3,(H,16,17). The molecular formula is C12H20N2O5S. The summed E-state index contributed by atoms with van der Waals surface area (Å²) in [6.45, 7) is 2.93. The van der Waals surface area contributed by atoms with E-state index in [9.17, 15) is 18.0 Å². The van der Waals surface area contributed by atoms with Gasteiger partial charge in [-0.3, -0.25) is 9.59 Å². The van der Waals surface area contributed by atoms with Crippen molar-refractivity contribution in [1.29, 1.82) is 0 Å². The zero-order chi connectivity index (χ0) is 14.9. The van der Waals surface area contributed by atoms with Crippen LogP contribution >= 0.6 is 0 Å². The third-order valence-electron chi connectivity index (χ3n) is 4.08. The molecule has 0 aromatic carbocycles. The van der Waals surface area contributed by atoms with Crippen molar-refractivity contribution in [3.8, 4) is 0 Å². The SMILES string of the molecule is CC(C(=O)O)C1CN(C(=O)CC2CS(=O)(=O)CCN2)C1. The number of hydrogen-bond donors (Lipinski definition) is 2. The number of hydrogen-bond acceptors (Lipinski definition) is 5. The van der Waals surface area contributed by atoms with Crippen molar-refractivity contribution in [3.63, 3.8) is 0 Å². The molecule has 8 heteroatoms. The van der Waals surface area contributed by atoms with Crippen molar-refractivity contribution in [1.82, 2.24) is 10.2 Å². The molecule has 2 aliphatic heterocycles. The van der Waals surface area contributed by atoms with Crippen molar-refractivity contribution in [2.75, 3.05) is 31.1 Å². The number of aliphatic carboxylic acids is 1. The second kappa shape index (κ2) is 5.69. The van der Waals surface area contributed by atoms with Gasteiger partial charge in [0.1, 0.15) is 0 Å². The zero-order valence-corrected chi connectivity index (χ0v) is 12.2. The smallest absolute Gasteiger partial charge is 0.306 e. The van der Waals surface area contributed by atoms with Gasteiger partial charge in [0.05, 0.1) is 17.4 Å². The molecule has 2 saturated heterocycles. The summed E-state index contributed by atoms with van der Waals surface area (Å²) >= 11 is 0. The summed E-state index contributed by atoms with van der Waals surface area (Å²) in [5.41, 5.74) is 0. The normalized spacial score (nSPS) is 27.6. The van der Waals surface area contributed by atoms with Crippen LogP contribution < -0.4 is 5.32 Å². The molecule has 2 atom stereocenters. The third kappa shape index (κ3) is 3.49. The molecule has 2 N–H and O–H groups in total. The largest absolute Gasteiger partial charge is 0.481 e. The second-order valence-electron chi connectivity index (χ2n) is 5.66. The van der Waals surface area contributed by atoms with Crippen LogP contribution in [0.4, 0.5) is 0 Å². The average Bonchev–Trinajstić information content (AvgIpc) is 2.24. The first kappa shape index (κ1) is 15.2. The lowest BCUT2D eigenvalue weighted by Gasteiger charge is -2.42. The van der Waals surface area contributed by atoms with Gasteiger partial charge < -0.3 is 15.3 Å². The summed E-state index contributed by atoms with van der Waals surface area (Å²) in [6.07, 6.45) is 0.160. The van der Waals surface area contributed by atoms with E-state index in [1.54, 1.807) is 11.8 Å². The van der Waals surface area contributed by atoms with Gasteiger partial charge in [0.25, 0.3) is 0 Å². The second-order valence-corrected chi connectivity index (χ2v) is 7.88. The number of carboxylic acids is 1. The van der Waals surface area contributed by atoms with Crippen molar-refractivity contribution >= 4 is 21.7 Å². The van der Waals surface area contributed by atoms with Crippen LogP contribution in [0.2, 0.25) is 0 Å². The molecule has 2 aliphatic rings. The predicted molar refractivity (Wildman–Crippen MR) is 71.9 cm³/mol. The molecule has 2 heterocycles. The van der Waals surface area contributed by atoms with Gasteiger partial charge in [0.2, 0.25) is 5.91 Å². The van der Waals surface area contributed by atoms with E-state index >= 15 is 0 Å². The van der Waals surface area contributed by atoms with Gasteiger partial charge in [-0.2, -0.15) is 0 Å². The van der Waals surface area contributed by atoms with Gasteiger partial charge in [0, 0.05) is 38.0 Å². The Balaban J connectivity index is 1.79. The topological polar surface area (TPSA) is 104 Å². The molecule has 20 heavy (non-hydrogen) atoms. The molecule has 114 valence electrons. The quantitative estimate of drug-likeness (QED) is 0.686. The molecule has 0 spiro atoms. The zero-order valence-electron chi connectivity index (χ0n) is 11.4. The Morgan fingerprint density at radius 2 is 2.05 bits per heavy atom. The minimum Gasteiger partial charge on any atom is -0.481 e. The Hall–Kier alpha value is -1.15. The van der Waals surface area contributed by atoms with Crippen molar-refractivity contribution in [2.24, 2.45) is 11.8 Å². The van der Waals surface area contributed by atoms with Gasteiger partial charge in [-0.05, 0) is 0 Å². The van der Waals surface area contributed by atoms with E-state index in [4.69, 9.17) is 5.11 Å². The summed E-state index contributed by atoms with van der Waals surface area (Å²) in [7, 11) is -3.04. The molecule has 0 radical (unpaired) electrons. The van der Waals surface area contributed by atoms with Crippen LogP contribution in [-0.2, 0) is 19.4 Å². The van der Waals surface area contributed by atoms with E-state index in [2.05, 4.69) is 5.32 Å². The Kier molecular flexibility index (Phi) is 4.33. The lowest BCUT2D eigenvalue weighted by Crippen LogP contribution is -2.55. The molecule has 7 nitrogen and oxygen atoms in total. The first-order valence-electron chi connectivity index (χ1n) is 6.73. The van der Waals surface area contributed by atoms with Crippen LogP contribution in [-0.4, -0.2) is 67.5 Å². The van der Waals surface area contributed by atoms with Gasteiger partial charge >= 0.3 is 5.97 Å². The van der Waals surface area contributed by atoms with Gasteiger partial charge in [-0.15, -0.1) is 0 Å². The fourth-order valence-corrected chi connectivity index (χ4v) is 4.02. The summed E-state index contributed by atoms with van der Waals surface area (Å²) < 4.78 is 23.0. The maximum absolute atomic E-state index is 12.0. The van der Waals surface area contributed by atoms with Gasteiger partial charge in [0.15, 0.2) is 9.84 Å². The van der Waals surface area contributed by atoms with Crippen LogP contribution in [0, 0.1) is 11.8 Å². The van der Waals surface area contributed by atoms with Crippen LogP contribution in [0.25, 0.3) is 0 Å². The minimum absolute atomic E-state index is 0.000465. The molecule has 0 aliphatic carbocycles. The Labute approximate surface area is 118 Å². The average molecular weight is 304 g/mol. The van der Waals surface area contributed by atoms with Gasteiger partial charge in [-0.25, -0.2) is 8.42 Å². The first-order valence-corrected chi connectivity index (χ1v) is 8.55. The summed E-state index contributed by atoms with van der Waals surface area (Å²) in [6, 6.07) is -0.322. The minimum atomic E-state index is -3.04. The monoisotopic (exact) mass is 304 g/mol. The van der Waals surface area contributed by atoms with Crippen LogP contribution in [0.3, 0.4) is 0 Å². The highest BCUT2D eigenvalue weighted by Crippen LogP contribution is 2.25. The van der Waals surface area contributed by atoms with E-state index in [0.29, 0.717) is 19.6 Å². The fraction of sp³-hybridized carbons (Fsp3) is 0.833. The molecule has 2 fully saturated rings. The molecular weight excluding hydrogens is 284 g/mol. The Morgan fingerprint density at radius 3 is 2.60 bits per heavy atom. The number of carboxylic acid groups (broad SMARTS) is 1. The van der Waals surface area contributed by atoms with Crippen molar-refractivity contribution in [3.05, 3.63) is 0 Å². The van der Waals surface area contributed by atoms with E-state index in [1.165, 1.54) is 0 Å². The molecule has 0 aromatic heterocycles. The highest BCUT2D eigenvalue weighted by Gasteiger charge is 2.38.